The van der Waals surface area contributed by atoms with Crippen LogP contribution in [-0.4, -0.2) is 25.0 Å². The Labute approximate surface area is 100 Å². The van der Waals surface area contributed by atoms with Gasteiger partial charge in [-0.2, -0.15) is 0 Å². The maximum Gasteiger partial charge on any atom is 0.328 e. The largest absolute Gasteiger partial charge is 0.467 e. The first-order valence-electron chi connectivity index (χ1n) is 5.25. The van der Waals surface area contributed by atoms with E-state index in [9.17, 15) is 9.59 Å². The summed E-state index contributed by atoms with van der Waals surface area (Å²) >= 11 is 0. The third kappa shape index (κ3) is 4.51. The van der Waals surface area contributed by atoms with Gasteiger partial charge in [-0.15, -0.1) is 0 Å². The predicted octanol–water partition coefficient (Wildman–Crippen LogP) is 1.38. The fraction of sp³-hybridized carbons (Fsp3) is 0.231. The fourth-order valence-corrected chi connectivity index (χ4v) is 1.23. The molecule has 1 aromatic carbocycles. The van der Waals surface area contributed by atoms with Crippen molar-refractivity contribution in [3.05, 3.63) is 42.0 Å². The molecule has 0 aliphatic rings. The molecule has 0 bridgehead atoms. The number of carbonyl (C=O) groups excluding carboxylic acids is 2. The van der Waals surface area contributed by atoms with Crippen LogP contribution in [0.5, 0.6) is 0 Å². The third-order valence-corrected chi connectivity index (χ3v) is 2.14. The molecule has 0 aliphatic carbocycles. The van der Waals surface area contributed by atoms with Gasteiger partial charge in [0.25, 0.3) is 0 Å². The second kappa shape index (κ2) is 6.48. The SMILES string of the molecule is COC(=O)[C@@H](C)NC(=O)/C=C/c1ccccc1. The third-order valence-electron chi connectivity index (χ3n) is 2.14. The Morgan fingerprint density at radius 2 is 1.94 bits per heavy atom. The van der Waals surface area contributed by atoms with Gasteiger partial charge in [0.1, 0.15) is 6.04 Å². The first kappa shape index (κ1) is 13.0. The number of hydrogen-bond donors (Lipinski definition) is 1. The van der Waals surface area contributed by atoms with Crippen LogP contribution in [0.4, 0.5) is 0 Å². The maximum atomic E-state index is 11.4. The number of hydrogen-bond acceptors (Lipinski definition) is 3. The lowest BCUT2D eigenvalue weighted by Crippen LogP contribution is -2.38. The van der Waals surface area contributed by atoms with Crippen LogP contribution >= 0.6 is 0 Å². The van der Waals surface area contributed by atoms with Crippen molar-refractivity contribution in [1.29, 1.82) is 0 Å². The average molecular weight is 233 g/mol. The molecule has 0 unspecified atom stereocenters. The zero-order chi connectivity index (χ0) is 12.7. The van der Waals surface area contributed by atoms with Crippen LogP contribution in [0.2, 0.25) is 0 Å². The second-order valence-corrected chi connectivity index (χ2v) is 3.50. The second-order valence-electron chi connectivity index (χ2n) is 3.50. The monoisotopic (exact) mass is 233 g/mol. The summed E-state index contributed by atoms with van der Waals surface area (Å²) in [5.41, 5.74) is 0.924. The lowest BCUT2D eigenvalue weighted by molar-refractivity contribution is -0.144. The van der Waals surface area contributed by atoms with Crippen molar-refractivity contribution in [2.45, 2.75) is 13.0 Å². The molecule has 0 saturated carbocycles. The van der Waals surface area contributed by atoms with Crippen LogP contribution in [0.3, 0.4) is 0 Å². The number of rotatable bonds is 4. The molecule has 1 N–H and O–H groups in total. The lowest BCUT2D eigenvalue weighted by Gasteiger charge is -2.09. The Balaban J connectivity index is 2.50. The molecule has 0 heterocycles. The van der Waals surface area contributed by atoms with Crippen molar-refractivity contribution in [2.24, 2.45) is 0 Å². The molecule has 0 fully saturated rings. The first-order chi connectivity index (χ1) is 8.13. The summed E-state index contributed by atoms with van der Waals surface area (Å²) in [4.78, 5) is 22.5. The molecular weight excluding hydrogens is 218 g/mol. The van der Waals surface area contributed by atoms with Crippen molar-refractivity contribution in [3.8, 4) is 0 Å². The van der Waals surface area contributed by atoms with Gasteiger partial charge in [0.2, 0.25) is 5.91 Å². The Bertz CT molecular complexity index is 412. The summed E-state index contributed by atoms with van der Waals surface area (Å²) in [5, 5.41) is 2.50. The van der Waals surface area contributed by atoms with E-state index in [-0.39, 0.29) is 5.91 Å². The quantitative estimate of drug-likeness (QED) is 0.631. The van der Waals surface area contributed by atoms with Crippen LogP contribution in [0.15, 0.2) is 36.4 Å². The summed E-state index contributed by atoms with van der Waals surface area (Å²) < 4.78 is 4.50. The molecule has 4 nitrogen and oxygen atoms in total. The van der Waals surface area contributed by atoms with Gasteiger partial charge in [-0.25, -0.2) is 4.79 Å². The van der Waals surface area contributed by atoms with E-state index in [1.807, 2.05) is 30.3 Å². The molecule has 4 heteroatoms. The van der Waals surface area contributed by atoms with Crippen LogP contribution < -0.4 is 5.32 Å². The molecule has 0 aromatic heterocycles. The van der Waals surface area contributed by atoms with E-state index in [0.717, 1.165) is 5.56 Å². The molecule has 1 aromatic rings. The number of nitrogens with one attached hydrogen (secondary N) is 1. The predicted molar refractivity (Wildman–Crippen MR) is 65.1 cm³/mol. The number of benzene rings is 1. The van der Waals surface area contributed by atoms with Crippen molar-refractivity contribution in [3.63, 3.8) is 0 Å². The Morgan fingerprint density at radius 1 is 1.29 bits per heavy atom. The Hall–Kier alpha value is -2.10. The number of esters is 1. The highest BCUT2D eigenvalue weighted by atomic mass is 16.5. The fourth-order valence-electron chi connectivity index (χ4n) is 1.23. The normalized spacial score (nSPS) is 12.1. The van der Waals surface area contributed by atoms with E-state index < -0.39 is 12.0 Å². The summed E-state index contributed by atoms with van der Waals surface area (Å²) in [6.45, 7) is 1.57. The standard InChI is InChI=1S/C13H15NO3/c1-10(13(16)17-2)14-12(15)9-8-11-6-4-3-5-7-11/h3-10H,1-2H3,(H,14,15)/b9-8+/t10-/m1/s1. The van der Waals surface area contributed by atoms with Gasteiger partial charge in [0, 0.05) is 6.08 Å². The van der Waals surface area contributed by atoms with Crippen molar-refractivity contribution in [1.82, 2.24) is 5.32 Å². The summed E-state index contributed by atoms with van der Waals surface area (Å²) in [6, 6.07) is 8.79. The van der Waals surface area contributed by atoms with Gasteiger partial charge in [-0.3, -0.25) is 4.79 Å². The van der Waals surface area contributed by atoms with E-state index in [1.165, 1.54) is 13.2 Å². The van der Waals surface area contributed by atoms with Gasteiger partial charge in [0.05, 0.1) is 7.11 Å². The van der Waals surface area contributed by atoms with Gasteiger partial charge < -0.3 is 10.1 Å². The first-order valence-corrected chi connectivity index (χ1v) is 5.25. The maximum absolute atomic E-state index is 11.4. The van der Waals surface area contributed by atoms with Crippen LogP contribution in [-0.2, 0) is 14.3 Å². The van der Waals surface area contributed by atoms with E-state index in [4.69, 9.17) is 0 Å². The topological polar surface area (TPSA) is 55.4 Å². The van der Waals surface area contributed by atoms with Gasteiger partial charge >= 0.3 is 5.97 Å². The molecule has 0 spiro atoms. The van der Waals surface area contributed by atoms with Crippen LogP contribution in [0.25, 0.3) is 6.08 Å². The van der Waals surface area contributed by atoms with E-state index in [1.54, 1.807) is 13.0 Å². The molecule has 1 amide bonds. The van der Waals surface area contributed by atoms with Gasteiger partial charge in [-0.1, -0.05) is 30.3 Å². The minimum atomic E-state index is -0.645. The molecular formula is C13H15NO3. The number of methoxy groups -OCH3 is 1. The van der Waals surface area contributed by atoms with Gasteiger partial charge in [0.15, 0.2) is 0 Å². The van der Waals surface area contributed by atoms with Gasteiger partial charge in [-0.05, 0) is 18.6 Å². The molecule has 1 rings (SSSR count). The summed E-state index contributed by atoms with van der Waals surface area (Å²) in [5.74, 6) is -0.793. The zero-order valence-corrected chi connectivity index (χ0v) is 9.84. The van der Waals surface area contributed by atoms with Crippen LogP contribution in [0, 0.1) is 0 Å². The zero-order valence-electron chi connectivity index (χ0n) is 9.84. The smallest absolute Gasteiger partial charge is 0.328 e. The molecule has 0 radical (unpaired) electrons. The van der Waals surface area contributed by atoms with Crippen molar-refractivity contribution in [2.75, 3.05) is 7.11 Å². The number of amides is 1. The summed E-state index contributed by atoms with van der Waals surface area (Å²) in [7, 11) is 1.28. The lowest BCUT2D eigenvalue weighted by atomic mass is 10.2. The van der Waals surface area contributed by atoms with E-state index >= 15 is 0 Å². The van der Waals surface area contributed by atoms with Crippen molar-refractivity contribution < 1.29 is 14.3 Å². The minimum absolute atomic E-state index is 0.327. The average Bonchev–Trinajstić information content (AvgIpc) is 2.36. The molecule has 0 aliphatic heterocycles. The van der Waals surface area contributed by atoms with E-state index in [0.29, 0.717) is 0 Å². The minimum Gasteiger partial charge on any atom is -0.467 e. The highest BCUT2D eigenvalue weighted by Gasteiger charge is 2.13. The Kier molecular flexibility index (Phi) is 4.94. The number of ether oxygens (including phenoxy) is 1. The van der Waals surface area contributed by atoms with E-state index in [2.05, 4.69) is 10.1 Å². The van der Waals surface area contributed by atoms with Crippen LogP contribution in [0.1, 0.15) is 12.5 Å². The molecule has 0 saturated heterocycles. The molecule has 90 valence electrons. The summed E-state index contributed by atoms with van der Waals surface area (Å²) in [6.07, 6.45) is 3.06. The molecule has 1 atom stereocenters. The highest BCUT2D eigenvalue weighted by Crippen LogP contribution is 2.00. The Morgan fingerprint density at radius 3 is 2.53 bits per heavy atom. The number of carbonyl (C=O) groups is 2. The highest BCUT2D eigenvalue weighted by molar-refractivity contribution is 5.94. The van der Waals surface area contributed by atoms with Crippen molar-refractivity contribution >= 4 is 18.0 Å². The molecule has 17 heavy (non-hydrogen) atoms.